The first-order chi connectivity index (χ1) is 15.5. The van der Waals surface area contributed by atoms with Gasteiger partial charge in [-0.25, -0.2) is 0 Å². The minimum Gasteiger partial charge on any atom is -0.545 e. The van der Waals surface area contributed by atoms with Gasteiger partial charge in [-0.3, -0.25) is 0 Å². The average molecular weight is 966 g/mol. The molecule has 38 heavy (non-hydrogen) atoms. The zero-order valence-corrected chi connectivity index (χ0v) is 31.9. The SMILES string of the molecule is O=C([O-])C(Cl)(Cl)N(Cl)Cl.O=C([O-])C(Cl)(Cl)N(Cl)Cl.O=C([O-])C(Cl)(Cl)N(Cl)Cl.O=C([O-])C(Cl)(Cl)N(Cl)Cl.[Al].[Zr+4]. The van der Waals surface area contributed by atoms with Crippen LogP contribution in [0.4, 0.5) is 0 Å². The number of rotatable bonds is 8. The fourth-order valence-corrected chi connectivity index (χ4v) is 0.828. The fourth-order valence-electron chi connectivity index (χ4n) is 0.276. The first-order valence-electron chi connectivity index (χ1n) is 6.39. The molecule has 0 saturated heterocycles. The quantitative estimate of drug-likeness (QED) is 0.149. The van der Waals surface area contributed by atoms with Gasteiger partial charge in [0.2, 0.25) is 17.8 Å². The van der Waals surface area contributed by atoms with Gasteiger partial charge >= 0.3 is 26.2 Å². The van der Waals surface area contributed by atoms with Gasteiger partial charge in [0.25, 0.3) is 0 Å². The Kier molecular flexibility index (Phi) is 34.4. The van der Waals surface area contributed by atoms with Crippen molar-refractivity contribution < 1.29 is 65.8 Å². The first-order valence-corrected chi connectivity index (χ1v) is 12.1. The summed E-state index contributed by atoms with van der Waals surface area (Å²) < 4.78 is -9.24. The van der Waals surface area contributed by atoms with Crippen molar-refractivity contribution in [2.75, 3.05) is 0 Å². The van der Waals surface area contributed by atoms with Gasteiger partial charge in [0.15, 0.2) is 0 Å². The van der Waals surface area contributed by atoms with E-state index in [0.29, 0.717) is 0 Å². The number of aliphatic carboxylic acids is 4. The Morgan fingerprint density at radius 3 is 0.474 bits per heavy atom. The molecule has 0 rings (SSSR count). The summed E-state index contributed by atoms with van der Waals surface area (Å²) in [5.41, 5.74) is 0. The molecule has 0 aliphatic rings. The van der Waals surface area contributed by atoms with E-state index in [1.807, 2.05) is 0 Å². The number of carbonyl (C=O) groups excluding carboxylic acids is 4. The molecule has 0 heterocycles. The molecular weight excluding hydrogens is 966 g/mol. The Morgan fingerprint density at radius 2 is 0.474 bits per heavy atom. The Labute approximate surface area is 323 Å². The van der Waals surface area contributed by atoms with E-state index in [-0.39, 0.29) is 59.3 Å². The maximum absolute atomic E-state index is 9.88. The minimum atomic E-state index is -2.39. The van der Waals surface area contributed by atoms with Crippen LogP contribution in [0.2, 0.25) is 0 Å². The summed E-state index contributed by atoms with van der Waals surface area (Å²) in [4.78, 5) is 39.5. The number of alkyl halides is 8. The van der Waals surface area contributed by atoms with Crippen molar-refractivity contribution in [1.29, 1.82) is 0 Å². The third-order valence-electron chi connectivity index (χ3n) is 1.83. The molecule has 0 aromatic rings. The number of carboxylic acids is 4. The molecule has 0 aromatic heterocycles. The van der Waals surface area contributed by atoms with Gasteiger partial charge in [0.05, 0.1) is 23.9 Å². The second-order valence-corrected chi connectivity index (χ2v) is 12.8. The van der Waals surface area contributed by atoms with Crippen molar-refractivity contribution in [2.24, 2.45) is 0 Å². The van der Waals surface area contributed by atoms with E-state index < -0.39 is 41.7 Å². The van der Waals surface area contributed by atoms with E-state index in [0.717, 1.165) is 0 Å². The van der Waals surface area contributed by atoms with Crippen molar-refractivity contribution in [3.8, 4) is 0 Å². The zero-order valence-electron chi connectivity index (χ0n) is 16.2. The van der Waals surface area contributed by atoms with Crippen LogP contribution in [-0.2, 0) is 45.4 Å². The second kappa shape index (κ2) is 24.1. The molecule has 0 aromatic carbocycles. The number of hydrogen-bond donors (Lipinski definition) is 0. The smallest absolute Gasteiger partial charge is 0.545 e. The van der Waals surface area contributed by atoms with Crippen molar-refractivity contribution in [3.05, 3.63) is 0 Å². The van der Waals surface area contributed by atoms with Crippen LogP contribution in [0.25, 0.3) is 0 Å². The Hall–Kier alpha value is 3.78. The Bertz CT molecular complexity index is 628. The van der Waals surface area contributed by atoms with Gasteiger partial charge < -0.3 is 39.6 Å². The van der Waals surface area contributed by atoms with Crippen molar-refractivity contribution in [3.63, 3.8) is 0 Å². The summed E-state index contributed by atoms with van der Waals surface area (Å²) in [6.45, 7) is 0. The molecule has 0 amide bonds. The first kappa shape index (κ1) is 54.3. The maximum Gasteiger partial charge on any atom is 4.00 e. The van der Waals surface area contributed by atoms with Crippen LogP contribution in [0.3, 0.4) is 0 Å². The van der Waals surface area contributed by atoms with Crippen LogP contribution in [0.15, 0.2) is 0 Å². The van der Waals surface area contributed by atoms with Gasteiger partial charge in [-0.1, -0.05) is 109 Å². The standard InChI is InChI=1S/4C2HCl4NO2.Al.Zr/c4*3-2(4,1(8)9)7(5)6;;/h4*(H,8,9);;/q;;;;;+4/p-4. The van der Waals surface area contributed by atoms with E-state index >= 15 is 0 Å². The predicted molar refractivity (Wildman–Crippen MR) is 138 cm³/mol. The van der Waals surface area contributed by atoms with Crippen molar-refractivity contribution in [2.45, 2.75) is 17.8 Å². The molecule has 12 nitrogen and oxygen atoms in total. The Morgan fingerprint density at radius 1 is 0.395 bits per heavy atom. The van der Waals surface area contributed by atoms with Gasteiger partial charge in [-0.05, 0) is 94.2 Å². The van der Waals surface area contributed by atoms with E-state index in [1.54, 1.807) is 0 Å². The minimum absolute atomic E-state index is 0. The third kappa shape index (κ3) is 22.3. The largest absolute Gasteiger partial charge is 4.00 e. The summed E-state index contributed by atoms with van der Waals surface area (Å²) in [6.07, 6.45) is 0. The summed E-state index contributed by atoms with van der Waals surface area (Å²) in [5, 5.41) is 39.5. The van der Waals surface area contributed by atoms with Gasteiger partial charge in [-0.15, -0.1) is 0 Å². The number of hydrogen-bond acceptors (Lipinski definition) is 12. The summed E-state index contributed by atoms with van der Waals surface area (Å²) in [7, 11) is 0. The molecule has 0 fully saturated rings. The number of carboxylic acid groups (broad SMARTS) is 4. The molecule has 3 radical (unpaired) electrons. The Balaban J connectivity index is -0.0000000883. The van der Waals surface area contributed by atoms with E-state index in [1.165, 1.54) is 0 Å². The maximum atomic E-state index is 9.88. The summed E-state index contributed by atoms with van der Waals surface area (Å²) in [5.74, 6) is -7.13. The molecular formula is C8AlCl16N4O8Zr. The molecule has 0 unspecified atom stereocenters. The molecule has 0 aliphatic carbocycles. The van der Waals surface area contributed by atoms with E-state index in [2.05, 4.69) is 0 Å². The van der Waals surface area contributed by atoms with Crippen molar-refractivity contribution in [1.82, 2.24) is 15.8 Å². The van der Waals surface area contributed by atoms with E-state index in [9.17, 15) is 39.6 Å². The van der Waals surface area contributed by atoms with Crippen molar-refractivity contribution >= 4 is 228 Å². The second-order valence-electron chi connectivity index (χ2n) is 4.25. The topological polar surface area (TPSA) is 173 Å². The molecule has 0 aliphatic heterocycles. The van der Waals surface area contributed by atoms with Crippen LogP contribution in [0, 0.1) is 0 Å². The molecule has 30 heteroatoms. The van der Waals surface area contributed by atoms with Crippen LogP contribution in [0.5, 0.6) is 0 Å². The average Bonchev–Trinajstić information content (AvgIpc) is 2.68. The number of carbonyl (C=O) groups is 4. The zero-order chi connectivity index (χ0) is 30.6. The number of nitrogens with zero attached hydrogens (tertiary/aromatic N) is 4. The monoisotopic (exact) mass is 956 g/mol. The summed E-state index contributed by atoms with van der Waals surface area (Å²) >= 11 is 78.8. The molecule has 0 N–H and O–H groups in total. The molecule has 0 bridgehead atoms. The molecule has 0 saturated carbocycles. The normalized spacial score (nSPS) is 11.5. The third-order valence-corrected chi connectivity index (χ3v) is 7.83. The van der Waals surface area contributed by atoms with Gasteiger partial charge in [0.1, 0.15) is 0 Å². The number of halogens is 16. The van der Waals surface area contributed by atoms with Crippen LogP contribution < -0.4 is 20.4 Å². The van der Waals surface area contributed by atoms with Crippen LogP contribution in [0.1, 0.15) is 0 Å². The summed E-state index contributed by atoms with van der Waals surface area (Å²) in [6, 6.07) is 0. The van der Waals surface area contributed by atoms with Gasteiger partial charge in [0, 0.05) is 17.4 Å². The predicted octanol–water partition coefficient (Wildman–Crippen LogP) is 1.53. The molecule has 219 valence electrons. The van der Waals surface area contributed by atoms with Crippen LogP contribution in [-0.4, -0.2) is 74.8 Å². The fraction of sp³-hybridized carbons (Fsp3) is 0.500. The van der Waals surface area contributed by atoms with Gasteiger partial charge in [-0.2, -0.15) is 0 Å². The van der Waals surface area contributed by atoms with Crippen LogP contribution >= 0.6 is 187 Å². The molecule has 0 atom stereocenters. The molecule has 0 spiro atoms. The van der Waals surface area contributed by atoms with E-state index in [4.69, 9.17) is 187 Å².